The average Bonchev–Trinajstić information content (AvgIpc) is 3.35. The summed E-state index contributed by atoms with van der Waals surface area (Å²) in [4.78, 5) is 11.6. The van der Waals surface area contributed by atoms with Gasteiger partial charge in [0.25, 0.3) is 0 Å². The topological polar surface area (TPSA) is 247 Å². The maximum absolute atomic E-state index is 11.6. The van der Waals surface area contributed by atoms with Crippen molar-refractivity contribution in [1.29, 1.82) is 5.53 Å². The quantitative estimate of drug-likeness (QED) is 0.0520. The van der Waals surface area contributed by atoms with Gasteiger partial charge in [0, 0.05) is 0 Å². The molecule has 0 aromatic rings. The second-order valence-electron chi connectivity index (χ2n) is 15.5. The lowest BCUT2D eigenvalue weighted by Crippen LogP contribution is -2.24. The van der Waals surface area contributed by atoms with E-state index in [4.69, 9.17) is 105 Å². The van der Waals surface area contributed by atoms with Crippen molar-refractivity contribution in [3.8, 4) is 0 Å². The van der Waals surface area contributed by atoms with Crippen LogP contribution in [-0.4, -0.2) is 282 Å². The third kappa shape index (κ3) is 66.3. The van der Waals surface area contributed by atoms with E-state index < -0.39 is 5.60 Å². The van der Waals surface area contributed by atoms with Gasteiger partial charge in [-0.2, -0.15) is 5.11 Å². The molecule has 0 radical (unpaired) electrons. The van der Waals surface area contributed by atoms with E-state index in [1.54, 1.807) is 0 Å². The first-order valence-electron chi connectivity index (χ1n) is 25.1. The van der Waals surface area contributed by atoms with Crippen molar-refractivity contribution < 1.29 is 104 Å². The fourth-order valence-corrected chi connectivity index (χ4v) is 4.94. The highest BCUT2D eigenvalue weighted by atomic mass is 16.6. The van der Waals surface area contributed by atoms with Gasteiger partial charge in [0.2, 0.25) is 0 Å². The van der Waals surface area contributed by atoms with Gasteiger partial charge in [-0.15, -0.1) is 0 Å². The number of carbonyl (C=O) groups is 1. The van der Waals surface area contributed by atoms with Gasteiger partial charge in [-0.3, -0.25) is 4.79 Å². The first-order valence-corrected chi connectivity index (χ1v) is 25.1. The van der Waals surface area contributed by atoms with Gasteiger partial charge in [0.15, 0.2) is 0 Å². The zero-order chi connectivity index (χ0) is 51.3. The summed E-state index contributed by atoms with van der Waals surface area (Å²) < 4.78 is 115. The Bertz CT molecular complexity index is 1040. The predicted octanol–water partition coefficient (Wildman–Crippen LogP) is 2.08. The summed E-state index contributed by atoms with van der Waals surface area (Å²) in [6.07, 6.45) is 0.225. The third-order valence-electron chi connectivity index (χ3n) is 8.29. The minimum atomic E-state index is -0.482. The summed E-state index contributed by atoms with van der Waals surface area (Å²) in [6, 6.07) is 0. The average molecular weight is 1040 g/mol. The zero-order valence-electron chi connectivity index (χ0n) is 43.6. The summed E-state index contributed by atoms with van der Waals surface area (Å²) in [5, 5.41) is 3.21. The molecule has 0 spiro atoms. The van der Waals surface area contributed by atoms with Gasteiger partial charge in [-0.05, 0) is 20.8 Å². The van der Waals surface area contributed by atoms with Gasteiger partial charge in [-0.25, -0.2) is 5.53 Å². The molecular formula is C47H94N2O22. The number of ether oxygens (including phenoxy) is 21. The van der Waals surface area contributed by atoms with Gasteiger partial charge in [-0.1, -0.05) is 0 Å². The molecule has 0 rings (SSSR count). The van der Waals surface area contributed by atoms with Crippen LogP contribution in [0.15, 0.2) is 5.11 Å². The summed E-state index contributed by atoms with van der Waals surface area (Å²) in [5.74, 6) is -0.270. The number of nitrogens with zero attached hydrogens (tertiary/aromatic N) is 1. The standard InChI is InChI=1S/C47H94N2O22/c1-47(2,3)71-46(50)4-6-51-8-10-53-12-14-55-16-18-57-20-22-59-24-26-61-28-30-63-32-34-65-36-38-67-40-42-69-44-45-70-43-41-68-39-37-66-35-33-64-31-29-62-27-25-60-23-21-58-19-17-56-15-13-54-11-9-52-7-5-49-48/h48H,4-45H2,1-3H3. The molecule has 24 heteroatoms. The van der Waals surface area contributed by atoms with Gasteiger partial charge < -0.3 is 99.5 Å². The molecule has 0 saturated heterocycles. The minimum Gasteiger partial charge on any atom is -0.460 e. The fraction of sp³-hybridized carbons (Fsp3) is 0.979. The second-order valence-corrected chi connectivity index (χ2v) is 15.5. The van der Waals surface area contributed by atoms with Crippen molar-refractivity contribution in [3.63, 3.8) is 0 Å². The van der Waals surface area contributed by atoms with Crippen molar-refractivity contribution in [2.45, 2.75) is 32.8 Å². The highest BCUT2D eigenvalue weighted by Gasteiger charge is 2.15. The Morgan fingerprint density at radius 1 is 0.268 bits per heavy atom. The van der Waals surface area contributed by atoms with E-state index in [-0.39, 0.29) is 12.4 Å². The molecule has 0 unspecified atom stereocenters. The second kappa shape index (κ2) is 60.8. The molecule has 0 aliphatic carbocycles. The molecule has 0 aromatic heterocycles. The molecule has 0 bridgehead atoms. The molecule has 0 heterocycles. The molecule has 0 aromatic carbocycles. The lowest BCUT2D eigenvalue weighted by molar-refractivity contribution is -0.156. The van der Waals surface area contributed by atoms with Crippen molar-refractivity contribution in [2.75, 3.05) is 271 Å². The summed E-state index contributed by atoms with van der Waals surface area (Å²) in [5.41, 5.74) is 6.18. The van der Waals surface area contributed by atoms with Crippen LogP contribution in [0.1, 0.15) is 27.2 Å². The molecule has 0 aliphatic rings. The Morgan fingerprint density at radius 2 is 0.408 bits per heavy atom. The van der Waals surface area contributed by atoms with Crippen molar-refractivity contribution >= 4 is 5.97 Å². The van der Waals surface area contributed by atoms with E-state index >= 15 is 0 Å². The van der Waals surface area contributed by atoms with Crippen LogP contribution in [0, 0.1) is 5.53 Å². The number of carbonyl (C=O) groups excluding carboxylic acids is 1. The molecule has 0 aliphatic heterocycles. The Balaban J connectivity index is 3.09. The molecule has 0 saturated carbocycles. The molecule has 1 N–H and O–H groups in total. The number of rotatable bonds is 63. The Labute approximate surface area is 423 Å². The normalized spacial score (nSPS) is 11.8. The zero-order valence-corrected chi connectivity index (χ0v) is 43.6. The molecule has 0 amide bonds. The summed E-state index contributed by atoms with van der Waals surface area (Å²) >= 11 is 0. The first kappa shape index (κ1) is 69.3. The first-order chi connectivity index (χ1) is 35.0. The number of hydrogen-bond acceptors (Lipinski definition) is 24. The molecule has 24 nitrogen and oxygen atoms in total. The molecule has 0 atom stereocenters. The monoisotopic (exact) mass is 1040 g/mol. The highest BCUT2D eigenvalue weighted by Crippen LogP contribution is 2.08. The number of hydrogen-bond donors (Lipinski definition) is 1. The lowest BCUT2D eigenvalue weighted by Gasteiger charge is -2.19. The smallest absolute Gasteiger partial charge is 0.308 e. The van der Waals surface area contributed by atoms with Gasteiger partial charge in [0.1, 0.15) is 5.60 Å². The summed E-state index contributed by atoms with van der Waals surface area (Å²) in [6.45, 7) is 24.9. The van der Waals surface area contributed by atoms with Crippen LogP contribution < -0.4 is 0 Å². The van der Waals surface area contributed by atoms with E-state index in [2.05, 4.69) is 5.11 Å². The van der Waals surface area contributed by atoms with Crippen LogP contribution >= 0.6 is 0 Å². The molecular weight excluding hydrogens is 945 g/mol. The fourth-order valence-electron chi connectivity index (χ4n) is 4.94. The van der Waals surface area contributed by atoms with Gasteiger partial charge >= 0.3 is 5.97 Å². The lowest BCUT2D eigenvalue weighted by atomic mass is 10.2. The Kier molecular flexibility index (Phi) is 59.3. The SMILES string of the molecule is CC(C)(C)OC(=O)CCOCCOCCOCCOCCOCCOCCOCCOCCOCCOCCOCCOCCOCCOCCOCCOCCOCCOCCOCCOCCN=N. The molecule has 0 fully saturated rings. The summed E-state index contributed by atoms with van der Waals surface area (Å²) in [7, 11) is 0. The maximum Gasteiger partial charge on any atom is 0.308 e. The van der Waals surface area contributed by atoms with Crippen molar-refractivity contribution in [1.82, 2.24) is 0 Å². The maximum atomic E-state index is 11.6. The van der Waals surface area contributed by atoms with E-state index in [0.717, 1.165) is 0 Å². The minimum absolute atomic E-state index is 0.225. The van der Waals surface area contributed by atoms with E-state index in [1.807, 2.05) is 20.8 Å². The van der Waals surface area contributed by atoms with Crippen LogP contribution in [-0.2, 0) is 104 Å². The molecule has 71 heavy (non-hydrogen) atoms. The van der Waals surface area contributed by atoms with Crippen LogP contribution in [0.25, 0.3) is 0 Å². The largest absolute Gasteiger partial charge is 0.460 e. The number of nitrogens with one attached hydrogen (secondary N) is 1. The van der Waals surface area contributed by atoms with Crippen LogP contribution in [0.4, 0.5) is 0 Å². The Morgan fingerprint density at radius 3 is 0.549 bits per heavy atom. The van der Waals surface area contributed by atoms with Crippen molar-refractivity contribution in [2.24, 2.45) is 5.11 Å². The molecule has 424 valence electrons. The van der Waals surface area contributed by atoms with E-state index in [0.29, 0.717) is 271 Å². The Hall–Kier alpha value is -1.73. The number of esters is 1. The highest BCUT2D eigenvalue weighted by molar-refractivity contribution is 5.69. The van der Waals surface area contributed by atoms with Crippen molar-refractivity contribution in [3.05, 3.63) is 0 Å². The van der Waals surface area contributed by atoms with Crippen LogP contribution in [0.2, 0.25) is 0 Å². The van der Waals surface area contributed by atoms with Crippen LogP contribution in [0.3, 0.4) is 0 Å². The van der Waals surface area contributed by atoms with Gasteiger partial charge in [0.05, 0.1) is 277 Å². The van der Waals surface area contributed by atoms with Crippen LogP contribution in [0.5, 0.6) is 0 Å². The van der Waals surface area contributed by atoms with E-state index in [1.165, 1.54) is 0 Å². The predicted molar refractivity (Wildman–Crippen MR) is 257 cm³/mol. The third-order valence-corrected chi connectivity index (χ3v) is 8.29. The van der Waals surface area contributed by atoms with E-state index in [9.17, 15) is 4.79 Å².